The van der Waals surface area contributed by atoms with E-state index in [9.17, 15) is 22.9 Å². The summed E-state index contributed by atoms with van der Waals surface area (Å²) in [5, 5.41) is 32.1. The number of rotatable bonds is 5. The molecule has 4 rings (SSSR count). The number of fused-ring (bicyclic) bond motifs is 5. The van der Waals surface area contributed by atoms with Gasteiger partial charge in [0, 0.05) is 17.3 Å². The molecule has 0 bridgehead atoms. The van der Waals surface area contributed by atoms with E-state index < -0.39 is 66.3 Å². The Labute approximate surface area is 195 Å². The minimum absolute atomic E-state index is 0.0497. The Morgan fingerprint density at radius 2 is 1.83 bits per heavy atom. The first-order valence-corrected chi connectivity index (χ1v) is 11.6. The van der Waals surface area contributed by atoms with Crippen LogP contribution in [-0.4, -0.2) is 33.5 Å². The Balaban J connectivity index is 1.82. The number of carboxylic acid groups (broad SMARTS) is 1. The maximum absolute atomic E-state index is 12.1. The number of hydrogen-bond donors (Lipinski definition) is 3. The number of carboxylic acids is 1. The van der Waals surface area contributed by atoms with Crippen LogP contribution in [0.5, 0.6) is 0 Å². The lowest BCUT2D eigenvalue weighted by atomic mass is 9.41. The van der Waals surface area contributed by atoms with Crippen LogP contribution in [0.15, 0.2) is 0 Å². The summed E-state index contributed by atoms with van der Waals surface area (Å²) >= 11 is 0. The molecule has 172 valence electrons. The van der Waals surface area contributed by atoms with Crippen molar-refractivity contribution >= 4 is 5.97 Å². The lowest BCUT2D eigenvalue weighted by molar-refractivity contribution is -0.203. The zero-order chi connectivity index (χ0) is 29.8. The highest BCUT2D eigenvalue weighted by Crippen LogP contribution is 2.69. The molecule has 0 saturated heterocycles. The van der Waals surface area contributed by atoms with Crippen LogP contribution in [0.3, 0.4) is 0 Å². The van der Waals surface area contributed by atoms with Crippen molar-refractivity contribution in [2.24, 2.45) is 52.2 Å². The highest BCUT2D eigenvalue weighted by molar-refractivity contribution is 5.66. The average Bonchev–Trinajstić information content (AvgIpc) is 3.14. The quantitative estimate of drug-likeness (QED) is 0.567. The molecule has 3 N–H and O–H groups in total. The number of carbonyl (C=O) groups is 1. The minimum Gasteiger partial charge on any atom is -0.481 e. The predicted molar refractivity (Wildman–Crippen MR) is 118 cm³/mol. The summed E-state index contributed by atoms with van der Waals surface area (Å²) < 4.78 is 76.4. The lowest BCUT2D eigenvalue weighted by Crippen LogP contribution is -2.62. The Hall–Kier alpha value is -0.610. The second kappa shape index (κ2) is 8.06. The first-order chi connectivity index (χ1) is 17.5. The molecule has 0 aromatic carbocycles. The Morgan fingerprint density at radius 1 is 1.13 bits per heavy atom. The van der Waals surface area contributed by atoms with Crippen LogP contribution < -0.4 is 0 Å². The zero-order valence-electron chi connectivity index (χ0n) is 27.4. The van der Waals surface area contributed by atoms with E-state index in [4.69, 9.17) is 9.60 Å². The van der Waals surface area contributed by atoms with E-state index in [1.54, 1.807) is 0 Å². The van der Waals surface area contributed by atoms with Gasteiger partial charge in [-0.05, 0) is 104 Å². The van der Waals surface area contributed by atoms with Gasteiger partial charge in [0.25, 0.3) is 0 Å². The van der Waals surface area contributed by atoms with E-state index >= 15 is 0 Å². The van der Waals surface area contributed by atoms with Crippen molar-refractivity contribution in [3.05, 3.63) is 0 Å². The second-order valence-electron chi connectivity index (χ2n) is 11.0. The molecule has 11 atom stereocenters. The summed E-state index contributed by atoms with van der Waals surface area (Å²) in [6.07, 6.45) is -6.22. The van der Waals surface area contributed by atoms with Crippen LogP contribution in [-0.2, 0) is 4.79 Å². The molecule has 0 aliphatic heterocycles. The first kappa shape index (κ1) is 13.8. The summed E-state index contributed by atoms with van der Waals surface area (Å²) in [7, 11) is 0. The molecule has 0 spiro atoms. The van der Waals surface area contributed by atoms with Gasteiger partial charge in [-0.15, -0.1) is 0 Å². The van der Waals surface area contributed by atoms with Crippen LogP contribution in [0.25, 0.3) is 0 Å². The molecule has 0 radical (unpaired) electrons. The van der Waals surface area contributed by atoms with Gasteiger partial charge in [-0.1, -0.05) is 34.0 Å². The van der Waals surface area contributed by atoms with E-state index in [1.165, 1.54) is 0 Å². The Kier molecular flexibility index (Phi) is 3.72. The van der Waals surface area contributed by atoms with Crippen LogP contribution in [0.1, 0.15) is 104 Å². The van der Waals surface area contributed by atoms with Crippen molar-refractivity contribution in [3.8, 4) is 0 Å². The molecule has 4 heteroatoms. The fourth-order valence-corrected chi connectivity index (χ4v) is 8.34. The van der Waals surface area contributed by atoms with Crippen molar-refractivity contribution in [3.63, 3.8) is 0 Å². The fourth-order valence-electron chi connectivity index (χ4n) is 8.34. The SMILES string of the molecule is [2H]C([2H])(C[C@@H](C)[C@H]1CC[C@H]2[C@H]3[C@H](CC[C@]12C)[C@@]1(C)CC[C@@H](O)C[C@H]1[C@]([2H])(C([2H])([2H])C([2H])([2H])[2H])[C@@]3([2H])O)C(=O)O. The standard InChI is InChI=1S/C26H44O4/c1-5-17-21-14-16(27)10-12-26(21,4)20-11-13-25(3)18(15(2)6-9-22(28)29)7-8-19(25)23(20)24(17)30/h15-21,23-24,27,30H,5-14H2,1-4H3,(H,28,29)/t15-,16-,17+,18-,19+,20+,21+,23+,24-,25-,26-/m1/s1/i1D3,5D2,9D2,17D,24D. The number of aliphatic hydroxyl groups excluding tert-OH is 1. The van der Waals surface area contributed by atoms with E-state index in [0.717, 1.165) is 0 Å². The summed E-state index contributed by atoms with van der Waals surface area (Å²) in [5.74, 6) is -7.24. The van der Waals surface area contributed by atoms with Gasteiger partial charge in [0.2, 0.25) is 0 Å². The number of aliphatic carboxylic acids is 1. The molecule has 30 heavy (non-hydrogen) atoms. The van der Waals surface area contributed by atoms with Gasteiger partial charge in [0.05, 0.1) is 13.6 Å². The van der Waals surface area contributed by atoms with Crippen molar-refractivity contribution in [2.45, 2.75) is 104 Å². The molecule has 0 heterocycles. The summed E-state index contributed by atoms with van der Waals surface area (Å²) in [6.45, 7) is 2.50. The van der Waals surface area contributed by atoms with Gasteiger partial charge < -0.3 is 15.3 Å². The zero-order valence-corrected chi connectivity index (χ0v) is 18.4. The fraction of sp³-hybridized carbons (Fsp3) is 0.962. The van der Waals surface area contributed by atoms with Crippen LogP contribution in [0, 0.1) is 52.2 Å². The van der Waals surface area contributed by atoms with Gasteiger partial charge in [-0.2, -0.15) is 0 Å². The third kappa shape index (κ3) is 3.36. The van der Waals surface area contributed by atoms with Crippen LogP contribution in [0.4, 0.5) is 0 Å². The third-order valence-electron chi connectivity index (χ3n) is 9.85. The average molecular weight is 430 g/mol. The number of hydrogen-bond acceptors (Lipinski definition) is 3. The van der Waals surface area contributed by atoms with Gasteiger partial charge in [0.1, 0.15) is 0 Å². The highest BCUT2D eigenvalue weighted by atomic mass is 16.4. The normalized spacial score (nSPS) is 62.2. The molecule has 0 aromatic rings. The van der Waals surface area contributed by atoms with Gasteiger partial charge in [0.15, 0.2) is 0 Å². The molecular weight excluding hydrogens is 376 g/mol. The van der Waals surface area contributed by atoms with Gasteiger partial charge >= 0.3 is 5.97 Å². The monoisotopic (exact) mass is 429 g/mol. The predicted octanol–water partition coefficient (Wildman–Crippen LogP) is 5.11. The van der Waals surface area contributed by atoms with E-state index in [0.29, 0.717) is 38.5 Å². The maximum Gasteiger partial charge on any atom is 0.303 e. The van der Waals surface area contributed by atoms with Crippen molar-refractivity contribution in [2.75, 3.05) is 0 Å². The Bertz CT molecular complexity index is 987. The van der Waals surface area contributed by atoms with Crippen LogP contribution >= 0.6 is 0 Å². The van der Waals surface area contributed by atoms with E-state index in [2.05, 4.69) is 0 Å². The molecule has 0 unspecified atom stereocenters. The smallest absolute Gasteiger partial charge is 0.303 e. The molecule has 4 aliphatic carbocycles. The van der Waals surface area contributed by atoms with Crippen molar-refractivity contribution in [1.82, 2.24) is 0 Å². The van der Waals surface area contributed by atoms with Crippen molar-refractivity contribution < 1.29 is 32.5 Å². The Morgan fingerprint density at radius 3 is 2.53 bits per heavy atom. The molecule has 4 saturated carbocycles. The molecule has 0 amide bonds. The van der Waals surface area contributed by atoms with Gasteiger partial charge in [-0.3, -0.25) is 4.79 Å². The molecule has 4 aliphatic rings. The second-order valence-corrected chi connectivity index (χ2v) is 11.0. The summed E-state index contributed by atoms with van der Waals surface area (Å²) in [6, 6.07) is 0. The summed E-state index contributed by atoms with van der Waals surface area (Å²) in [4.78, 5) is 11.5. The molecule has 4 nitrogen and oxygen atoms in total. The minimum atomic E-state index is -3.28. The molecule has 0 aromatic heterocycles. The first-order valence-electron chi connectivity index (χ1n) is 16.1. The summed E-state index contributed by atoms with van der Waals surface area (Å²) in [5.41, 5.74) is -1.28. The molecular formula is C26H44O4. The maximum atomic E-state index is 12.1. The van der Waals surface area contributed by atoms with E-state index in [-0.39, 0.29) is 36.5 Å². The topological polar surface area (TPSA) is 77.8 Å². The molecule has 4 fully saturated rings. The third-order valence-corrected chi connectivity index (χ3v) is 9.85. The number of aliphatic hydroxyl groups is 2. The van der Waals surface area contributed by atoms with Crippen molar-refractivity contribution in [1.29, 1.82) is 0 Å². The highest BCUT2D eigenvalue weighted by Gasteiger charge is 2.64. The van der Waals surface area contributed by atoms with E-state index in [1.807, 2.05) is 20.8 Å². The van der Waals surface area contributed by atoms with Crippen LogP contribution in [0.2, 0.25) is 0 Å². The van der Waals surface area contributed by atoms with Gasteiger partial charge in [-0.25, -0.2) is 0 Å². The largest absolute Gasteiger partial charge is 0.481 e. The lowest BCUT2D eigenvalue weighted by Gasteiger charge is -2.64.